The molecule has 0 radical (unpaired) electrons. The molecule has 7 nitrogen and oxygen atoms in total. The average Bonchev–Trinajstić information content (AvgIpc) is 3.27. The van der Waals surface area contributed by atoms with E-state index in [0.717, 1.165) is 38.2 Å². The minimum atomic E-state index is -0.0769. The summed E-state index contributed by atoms with van der Waals surface area (Å²) < 4.78 is 5.79. The summed E-state index contributed by atoms with van der Waals surface area (Å²) in [5, 5.41) is 12.2. The van der Waals surface area contributed by atoms with Crippen molar-refractivity contribution in [3.05, 3.63) is 29.8 Å². The van der Waals surface area contributed by atoms with Crippen molar-refractivity contribution in [2.75, 3.05) is 37.7 Å². The maximum absolute atomic E-state index is 12.6. The van der Waals surface area contributed by atoms with Crippen LogP contribution in [0.4, 0.5) is 5.69 Å². The van der Waals surface area contributed by atoms with Crippen molar-refractivity contribution in [1.82, 2.24) is 10.2 Å². The van der Waals surface area contributed by atoms with Crippen LogP contribution in [-0.2, 0) is 9.53 Å². The van der Waals surface area contributed by atoms with Crippen LogP contribution in [0.15, 0.2) is 24.3 Å². The van der Waals surface area contributed by atoms with Gasteiger partial charge in [-0.15, -0.1) is 0 Å². The number of aliphatic hydroxyl groups excluding tert-OH is 1. The fourth-order valence-electron chi connectivity index (χ4n) is 4.35. The number of morpholine rings is 1. The van der Waals surface area contributed by atoms with Gasteiger partial charge < -0.3 is 20.1 Å². The highest BCUT2D eigenvalue weighted by Crippen LogP contribution is 2.25. The minimum absolute atomic E-state index is 0.0769. The van der Waals surface area contributed by atoms with Crippen molar-refractivity contribution in [3.8, 4) is 0 Å². The molecular formula is C20H27N3O4. The summed E-state index contributed by atoms with van der Waals surface area (Å²) in [6.45, 7) is 3.19. The van der Waals surface area contributed by atoms with E-state index in [0.29, 0.717) is 31.1 Å². The normalized spacial score (nSPS) is 28.4. The largest absolute Gasteiger partial charge is 0.396 e. The highest BCUT2D eigenvalue weighted by Gasteiger charge is 2.37. The standard InChI is InChI=1S/C20H27N3O4/c24-9-7-18-12-22-11-15(10-17(22)13-27-18)21-20(26)14-3-5-16(6-4-14)23-8-1-2-19(23)25/h3-6,15,17-18,24H,1-2,7-13H2,(H,21,26)/t15-,17-,18-/m0/s1. The maximum atomic E-state index is 12.6. The van der Waals surface area contributed by atoms with Gasteiger partial charge in [-0.05, 0) is 43.5 Å². The Balaban J connectivity index is 1.32. The second-order valence-electron chi connectivity index (χ2n) is 7.68. The molecule has 3 heterocycles. The van der Waals surface area contributed by atoms with Crippen molar-refractivity contribution in [2.45, 2.75) is 43.9 Å². The molecule has 3 fully saturated rings. The first-order valence-corrected chi connectivity index (χ1v) is 9.82. The van der Waals surface area contributed by atoms with E-state index in [1.807, 2.05) is 12.1 Å². The van der Waals surface area contributed by atoms with Gasteiger partial charge >= 0.3 is 0 Å². The molecule has 7 heteroatoms. The molecule has 3 aliphatic rings. The molecule has 3 aliphatic heterocycles. The number of fused-ring (bicyclic) bond motifs is 1. The predicted molar refractivity (Wildman–Crippen MR) is 101 cm³/mol. The van der Waals surface area contributed by atoms with Crippen LogP contribution in [0, 0.1) is 0 Å². The number of hydrogen-bond acceptors (Lipinski definition) is 5. The molecule has 0 bridgehead atoms. The molecule has 4 rings (SSSR count). The Bertz CT molecular complexity index is 693. The Morgan fingerprint density at radius 1 is 1.26 bits per heavy atom. The number of benzene rings is 1. The average molecular weight is 373 g/mol. The molecule has 2 N–H and O–H groups in total. The van der Waals surface area contributed by atoms with Crippen molar-refractivity contribution in [2.24, 2.45) is 0 Å². The monoisotopic (exact) mass is 373 g/mol. The van der Waals surface area contributed by atoms with Crippen molar-refractivity contribution in [3.63, 3.8) is 0 Å². The number of hydrogen-bond donors (Lipinski definition) is 2. The predicted octanol–water partition coefficient (Wildman–Crippen LogP) is 0.767. The summed E-state index contributed by atoms with van der Waals surface area (Å²) in [5.74, 6) is 0.0727. The summed E-state index contributed by atoms with van der Waals surface area (Å²) in [5.41, 5.74) is 1.48. The molecule has 1 aromatic rings. The first kappa shape index (κ1) is 18.4. The smallest absolute Gasteiger partial charge is 0.251 e. The molecule has 0 unspecified atom stereocenters. The molecule has 1 aromatic carbocycles. The third-order valence-electron chi connectivity index (χ3n) is 5.79. The molecule has 0 aliphatic carbocycles. The van der Waals surface area contributed by atoms with E-state index in [4.69, 9.17) is 9.84 Å². The van der Waals surface area contributed by atoms with Crippen LogP contribution < -0.4 is 10.2 Å². The van der Waals surface area contributed by atoms with Crippen LogP contribution in [0.2, 0.25) is 0 Å². The fourth-order valence-corrected chi connectivity index (χ4v) is 4.35. The summed E-state index contributed by atoms with van der Waals surface area (Å²) in [4.78, 5) is 28.6. The number of nitrogens with zero attached hydrogens (tertiary/aromatic N) is 2. The number of rotatable bonds is 5. The zero-order valence-electron chi connectivity index (χ0n) is 15.5. The van der Waals surface area contributed by atoms with E-state index >= 15 is 0 Å². The van der Waals surface area contributed by atoms with Gasteiger partial charge in [0.25, 0.3) is 5.91 Å². The Labute approximate surface area is 159 Å². The van der Waals surface area contributed by atoms with Crippen molar-refractivity contribution >= 4 is 17.5 Å². The van der Waals surface area contributed by atoms with Gasteiger partial charge in [0.2, 0.25) is 5.91 Å². The van der Waals surface area contributed by atoms with Crippen LogP contribution in [-0.4, -0.2) is 72.9 Å². The van der Waals surface area contributed by atoms with E-state index < -0.39 is 0 Å². The third kappa shape index (κ3) is 4.00. The maximum Gasteiger partial charge on any atom is 0.251 e. The van der Waals surface area contributed by atoms with Gasteiger partial charge in [-0.3, -0.25) is 14.5 Å². The molecular weight excluding hydrogens is 346 g/mol. The first-order valence-electron chi connectivity index (χ1n) is 9.82. The number of anilines is 1. The fraction of sp³-hybridized carbons (Fsp3) is 0.600. The molecule has 0 aromatic heterocycles. The summed E-state index contributed by atoms with van der Waals surface area (Å²) in [6, 6.07) is 7.73. The highest BCUT2D eigenvalue weighted by atomic mass is 16.5. The van der Waals surface area contributed by atoms with E-state index in [2.05, 4.69) is 10.2 Å². The number of aliphatic hydroxyl groups is 1. The quantitative estimate of drug-likeness (QED) is 0.797. The third-order valence-corrected chi connectivity index (χ3v) is 5.79. The molecule has 3 saturated heterocycles. The van der Waals surface area contributed by atoms with Crippen LogP contribution in [0.5, 0.6) is 0 Å². The first-order chi connectivity index (χ1) is 13.1. The van der Waals surface area contributed by atoms with Gasteiger partial charge in [-0.2, -0.15) is 0 Å². The lowest BCUT2D eigenvalue weighted by molar-refractivity contribution is -0.117. The zero-order chi connectivity index (χ0) is 18.8. The van der Waals surface area contributed by atoms with E-state index in [1.165, 1.54) is 0 Å². The second-order valence-corrected chi connectivity index (χ2v) is 7.68. The zero-order valence-corrected chi connectivity index (χ0v) is 15.5. The summed E-state index contributed by atoms with van der Waals surface area (Å²) in [7, 11) is 0. The Morgan fingerprint density at radius 3 is 2.78 bits per heavy atom. The molecule has 0 spiro atoms. The number of carbonyl (C=O) groups excluding carboxylic acids is 2. The van der Waals surface area contributed by atoms with Crippen LogP contribution >= 0.6 is 0 Å². The van der Waals surface area contributed by atoms with Gasteiger partial charge in [0.15, 0.2) is 0 Å². The lowest BCUT2D eigenvalue weighted by Crippen LogP contribution is -2.46. The topological polar surface area (TPSA) is 82.1 Å². The van der Waals surface area contributed by atoms with Gasteiger partial charge in [-0.1, -0.05) is 0 Å². The van der Waals surface area contributed by atoms with Crippen LogP contribution in [0.3, 0.4) is 0 Å². The lowest BCUT2D eigenvalue weighted by atomic mass is 10.1. The van der Waals surface area contributed by atoms with E-state index in [9.17, 15) is 9.59 Å². The molecule has 3 atom stereocenters. The van der Waals surface area contributed by atoms with Gasteiger partial charge in [0.05, 0.1) is 12.7 Å². The van der Waals surface area contributed by atoms with Crippen molar-refractivity contribution in [1.29, 1.82) is 0 Å². The molecule has 2 amide bonds. The Hall–Kier alpha value is -1.96. The van der Waals surface area contributed by atoms with Gasteiger partial charge in [0, 0.05) is 56.0 Å². The minimum Gasteiger partial charge on any atom is -0.396 e. The number of carbonyl (C=O) groups is 2. The number of ether oxygens (including phenoxy) is 1. The van der Waals surface area contributed by atoms with Crippen LogP contribution in [0.25, 0.3) is 0 Å². The van der Waals surface area contributed by atoms with Crippen molar-refractivity contribution < 1.29 is 19.4 Å². The summed E-state index contributed by atoms with van der Waals surface area (Å²) >= 11 is 0. The SMILES string of the molecule is O=C(N[C@H]1C[C@H]2CO[C@@H](CCO)CN2C1)c1ccc(N2CCCC2=O)cc1. The lowest BCUT2D eigenvalue weighted by Gasteiger charge is -2.34. The van der Waals surface area contributed by atoms with Gasteiger partial charge in [-0.25, -0.2) is 0 Å². The molecule has 27 heavy (non-hydrogen) atoms. The number of nitrogens with one attached hydrogen (secondary N) is 1. The van der Waals surface area contributed by atoms with E-state index in [-0.39, 0.29) is 30.6 Å². The second kappa shape index (κ2) is 7.96. The molecule has 0 saturated carbocycles. The molecule has 146 valence electrons. The Morgan fingerprint density at radius 2 is 2.07 bits per heavy atom. The highest BCUT2D eigenvalue weighted by molar-refractivity contribution is 5.97. The Kier molecular flexibility index (Phi) is 5.43. The van der Waals surface area contributed by atoms with Gasteiger partial charge in [0.1, 0.15) is 0 Å². The van der Waals surface area contributed by atoms with E-state index in [1.54, 1.807) is 17.0 Å². The van der Waals surface area contributed by atoms with Crippen LogP contribution in [0.1, 0.15) is 36.0 Å². The summed E-state index contributed by atoms with van der Waals surface area (Å²) in [6.07, 6.45) is 3.12. The number of amides is 2.